The van der Waals surface area contributed by atoms with Crippen LogP contribution in [0.1, 0.15) is 46.5 Å². The fourth-order valence-corrected chi connectivity index (χ4v) is 5.20. The zero-order chi connectivity index (χ0) is 24.1. The van der Waals surface area contributed by atoms with Crippen LogP contribution < -0.4 is 4.90 Å². The molecule has 0 spiro atoms. The Labute approximate surface area is 206 Å². The maximum atomic E-state index is 13.7. The van der Waals surface area contributed by atoms with Gasteiger partial charge in [0.15, 0.2) is 5.13 Å². The number of hydrogen-bond donors (Lipinski definition) is 0. The van der Waals surface area contributed by atoms with Gasteiger partial charge in [0.2, 0.25) is 0 Å². The SMILES string of the molecule is CCN(CC)CCN(C(=O)c1ccc(Cc2ccccc2)cc1)c1nc2c(C)c(C)ccc2s1. The molecule has 0 aliphatic rings. The average Bonchev–Trinajstić information content (AvgIpc) is 3.30. The highest BCUT2D eigenvalue weighted by Gasteiger charge is 2.22. The molecular weight excluding hydrogens is 438 g/mol. The van der Waals surface area contributed by atoms with Gasteiger partial charge in [-0.1, -0.05) is 73.7 Å². The highest BCUT2D eigenvalue weighted by atomic mass is 32.1. The maximum Gasteiger partial charge on any atom is 0.260 e. The lowest BCUT2D eigenvalue weighted by Gasteiger charge is -2.24. The number of nitrogens with zero attached hydrogens (tertiary/aromatic N) is 3. The summed E-state index contributed by atoms with van der Waals surface area (Å²) in [6.07, 6.45) is 0.859. The van der Waals surface area contributed by atoms with Gasteiger partial charge in [-0.3, -0.25) is 9.69 Å². The van der Waals surface area contributed by atoms with E-state index in [-0.39, 0.29) is 5.91 Å². The lowest BCUT2D eigenvalue weighted by molar-refractivity contribution is 0.0984. The van der Waals surface area contributed by atoms with Crippen molar-refractivity contribution in [1.82, 2.24) is 9.88 Å². The topological polar surface area (TPSA) is 36.4 Å². The summed E-state index contributed by atoms with van der Waals surface area (Å²) in [6.45, 7) is 11.9. The Balaban J connectivity index is 1.61. The normalized spacial score (nSPS) is 11.3. The van der Waals surface area contributed by atoms with Crippen molar-refractivity contribution in [3.8, 4) is 0 Å². The van der Waals surface area contributed by atoms with Crippen molar-refractivity contribution in [2.75, 3.05) is 31.1 Å². The van der Waals surface area contributed by atoms with Gasteiger partial charge in [0.25, 0.3) is 5.91 Å². The van der Waals surface area contributed by atoms with Crippen LogP contribution >= 0.6 is 11.3 Å². The van der Waals surface area contributed by atoms with Crippen molar-refractivity contribution in [2.45, 2.75) is 34.1 Å². The van der Waals surface area contributed by atoms with Crippen LogP contribution in [0.2, 0.25) is 0 Å². The second kappa shape index (κ2) is 10.9. The van der Waals surface area contributed by atoms with E-state index < -0.39 is 0 Å². The summed E-state index contributed by atoms with van der Waals surface area (Å²) in [7, 11) is 0. The van der Waals surface area contributed by atoms with Gasteiger partial charge in [0.05, 0.1) is 10.2 Å². The first-order chi connectivity index (χ1) is 16.5. The Morgan fingerprint density at radius 2 is 1.53 bits per heavy atom. The van der Waals surface area contributed by atoms with E-state index in [2.05, 4.69) is 81.1 Å². The van der Waals surface area contributed by atoms with E-state index in [1.165, 1.54) is 22.3 Å². The summed E-state index contributed by atoms with van der Waals surface area (Å²) in [4.78, 5) is 22.8. The number of aromatic nitrogens is 1. The molecule has 5 heteroatoms. The van der Waals surface area contributed by atoms with Crippen LogP contribution in [0.3, 0.4) is 0 Å². The van der Waals surface area contributed by atoms with E-state index in [1.807, 2.05) is 23.1 Å². The molecule has 1 heterocycles. The van der Waals surface area contributed by atoms with E-state index in [4.69, 9.17) is 4.98 Å². The number of carbonyl (C=O) groups is 1. The van der Waals surface area contributed by atoms with Crippen molar-refractivity contribution >= 4 is 32.6 Å². The predicted octanol–water partition coefficient (Wildman–Crippen LogP) is 6.49. The molecule has 1 aromatic heterocycles. The zero-order valence-electron chi connectivity index (χ0n) is 20.5. The molecule has 0 atom stereocenters. The fraction of sp³-hybridized carbons (Fsp3) is 0.310. The Hall–Kier alpha value is -3.02. The van der Waals surface area contributed by atoms with Crippen molar-refractivity contribution < 1.29 is 4.79 Å². The lowest BCUT2D eigenvalue weighted by atomic mass is 10.0. The summed E-state index contributed by atoms with van der Waals surface area (Å²) in [5.41, 5.74) is 6.56. The summed E-state index contributed by atoms with van der Waals surface area (Å²) < 4.78 is 1.12. The molecule has 0 aliphatic heterocycles. The fourth-order valence-electron chi connectivity index (χ4n) is 4.15. The number of anilines is 1. The quantitative estimate of drug-likeness (QED) is 0.280. The predicted molar refractivity (Wildman–Crippen MR) is 144 cm³/mol. The molecule has 176 valence electrons. The molecule has 0 N–H and O–H groups in total. The standard InChI is InChI=1S/C29H33N3OS/c1-5-31(6-2)18-19-32(29-30-27-22(4)21(3)12-17-26(27)34-29)28(33)25-15-13-24(14-16-25)20-23-10-8-7-9-11-23/h7-17H,5-6,18-20H2,1-4H3. The number of carbonyl (C=O) groups excluding carboxylic acids is 1. The molecule has 0 saturated carbocycles. The van der Waals surface area contributed by atoms with Crippen molar-refractivity contribution in [3.63, 3.8) is 0 Å². The minimum absolute atomic E-state index is 0.00634. The minimum atomic E-state index is 0.00634. The van der Waals surface area contributed by atoms with Gasteiger partial charge in [-0.05, 0) is 73.8 Å². The van der Waals surface area contributed by atoms with Gasteiger partial charge in [-0.2, -0.15) is 0 Å². The number of amides is 1. The number of thiazole rings is 1. The van der Waals surface area contributed by atoms with Crippen molar-refractivity contribution in [1.29, 1.82) is 0 Å². The Morgan fingerprint density at radius 3 is 2.21 bits per heavy atom. The molecule has 0 bridgehead atoms. The molecule has 0 fully saturated rings. The number of benzene rings is 3. The Kier molecular flexibility index (Phi) is 7.76. The third-order valence-corrected chi connectivity index (χ3v) is 7.58. The van der Waals surface area contributed by atoms with Crippen molar-refractivity contribution in [2.24, 2.45) is 0 Å². The number of aryl methyl sites for hydroxylation is 2. The first-order valence-corrected chi connectivity index (χ1v) is 12.9. The zero-order valence-corrected chi connectivity index (χ0v) is 21.4. The number of fused-ring (bicyclic) bond motifs is 1. The average molecular weight is 472 g/mol. The third kappa shape index (κ3) is 5.37. The third-order valence-electron chi connectivity index (χ3n) is 6.54. The van der Waals surface area contributed by atoms with Crippen LogP contribution in [-0.2, 0) is 6.42 Å². The molecule has 34 heavy (non-hydrogen) atoms. The first-order valence-electron chi connectivity index (χ1n) is 12.0. The molecule has 4 nitrogen and oxygen atoms in total. The van der Waals surface area contributed by atoms with Gasteiger partial charge < -0.3 is 4.90 Å². The van der Waals surface area contributed by atoms with Gasteiger partial charge in [-0.25, -0.2) is 4.98 Å². The van der Waals surface area contributed by atoms with Gasteiger partial charge in [0.1, 0.15) is 0 Å². The Bertz CT molecular complexity index is 1240. The van der Waals surface area contributed by atoms with E-state index >= 15 is 0 Å². The summed E-state index contributed by atoms with van der Waals surface area (Å²) >= 11 is 1.60. The number of likely N-dealkylation sites (N-methyl/N-ethyl adjacent to an activating group) is 1. The lowest BCUT2D eigenvalue weighted by Crippen LogP contribution is -2.38. The first kappa shape index (κ1) is 24.1. The molecule has 3 aromatic carbocycles. The van der Waals surface area contributed by atoms with Crippen molar-refractivity contribution in [3.05, 3.63) is 94.5 Å². The molecule has 0 saturated heterocycles. The molecule has 0 radical (unpaired) electrons. The molecule has 4 rings (SSSR count). The van der Waals surface area contributed by atoms with E-state index in [9.17, 15) is 4.79 Å². The minimum Gasteiger partial charge on any atom is -0.302 e. The van der Waals surface area contributed by atoms with Crippen LogP contribution in [0.4, 0.5) is 5.13 Å². The second-order valence-electron chi connectivity index (χ2n) is 8.69. The van der Waals surface area contributed by atoms with Crippen LogP contribution in [-0.4, -0.2) is 42.0 Å². The smallest absolute Gasteiger partial charge is 0.260 e. The van der Waals surface area contributed by atoms with E-state index in [1.54, 1.807) is 11.3 Å². The van der Waals surface area contributed by atoms with Crippen LogP contribution in [0.5, 0.6) is 0 Å². The van der Waals surface area contributed by atoms with E-state index in [0.717, 1.165) is 41.4 Å². The number of hydrogen-bond acceptors (Lipinski definition) is 4. The highest BCUT2D eigenvalue weighted by molar-refractivity contribution is 7.22. The van der Waals surface area contributed by atoms with E-state index in [0.29, 0.717) is 12.1 Å². The molecule has 0 aliphatic carbocycles. The molecular formula is C29H33N3OS. The summed E-state index contributed by atoms with van der Waals surface area (Å²) in [5, 5.41) is 0.772. The summed E-state index contributed by atoms with van der Waals surface area (Å²) in [5.74, 6) is 0.00634. The highest BCUT2D eigenvalue weighted by Crippen LogP contribution is 2.32. The largest absolute Gasteiger partial charge is 0.302 e. The maximum absolute atomic E-state index is 13.7. The number of rotatable bonds is 9. The monoisotopic (exact) mass is 471 g/mol. The molecule has 0 unspecified atom stereocenters. The van der Waals surface area contributed by atoms with Crippen LogP contribution in [0.25, 0.3) is 10.2 Å². The van der Waals surface area contributed by atoms with Crippen LogP contribution in [0.15, 0.2) is 66.7 Å². The Morgan fingerprint density at radius 1 is 0.853 bits per heavy atom. The van der Waals surface area contributed by atoms with Crippen LogP contribution in [0, 0.1) is 13.8 Å². The molecule has 4 aromatic rings. The molecule has 1 amide bonds. The second-order valence-corrected chi connectivity index (χ2v) is 9.70. The van der Waals surface area contributed by atoms with Gasteiger partial charge in [-0.15, -0.1) is 0 Å². The summed E-state index contributed by atoms with van der Waals surface area (Å²) in [6, 6.07) is 22.7. The van der Waals surface area contributed by atoms with Gasteiger partial charge in [0, 0.05) is 18.7 Å². The van der Waals surface area contributed by atoms with Gasteiger partial charge >= 0.3 is 0 Å².